The molecule has 2 aliphatic rings. The summed E-state index contributed by atoms with van der Waals surface area (Å²) in [5.74, 6) is 0.726. The predicted octanol–water partition coefficient (Wildman–Crippen LogP) is 3.65. The molecule has 5 nitrogen and oxygen atoms in total. The molecular weight excluding hydrogens is 360 g/mol. The molecule has 1 spiro atoms. The summed E-state index contributed by atoms with van der Waals surface area (Å²) in [5.41, 5.74) is 5.14. The van der Waals surface area contributed by atoms with Crippen LogP contribution in [0.25, 0.3) is 0 Å². The molecule has 0 unspecified atom stereocenters. The molecule has 3 aromatic rings. The molecule has 0 saturated carbocycles. The van der Waals surface area contributed by atoms with Crippen molar-refractivity contribution < 1.29 is 4.74 Å². The molecule has 1 saturated heterocycles. The van der Waals surface area contributed by atoms with E-state index in [2.05, 4.69) is 63.3 Å². The van der Waals surface area contributed by atoms with E-state index in [-0.39, 0.29) is 5.41 Å². The van der Waals surface area contributed by atoms with Crippen LogP contribution in [-0.4, -0.2) is 41.6 Å². The summed E-state index contributed by atoms with van der Waals surface area (Å²) in [6.45, 7) is 4.89. The van der Waals surface area contributed by atoms with E-state index < -0.39 is 0 Å². The number of aromatic nitrogens is 2. The minimum atomic E-state index is 0.0980. The van der Waals surface area contributed by atoms with Crippen LogP contribution in [0.1, 0.15) is 23.2 Å². The second-order valence-corrected chi connectivity index (χ2v) is 8.13. The minimum Gasteiger partial charge on any atom is -0.481 e. The van der Waals surface area contributed by atoms with E-state index in [4.69, 9.17) is 9.72 Å². The summed E-state index contributed by atoms with van der Waals surface area (Å²) < 4.78 is 5.45. The van der Waals surface area contributed by atoms with Crippen LogP contribution in [0.15, 0.2) is 67.0 Å². The molecule has 5 rings (SSSR count). The number of nitrogens with zero attached hydrogens (tertiary/aromatic N) is 4. The number of hydrogen-bond donors (Lipinski definition) is 0. The first kappa shape index (κ1) is 18.1. The number of rotatable bonds is 5. The third kappa shape index (κ3) is 3.36. The van der Waals surface area contributed by atoms with Crippen molar-refractivity contribution in [3.05, 3.63) is 83.8 Å². The molecule has 4 heterocycles. The summed E-state index contributed by atoms with van der Waals surface area (Å²) >= 11 is 0. The number of methoxy groups -OCH3 is 1. The molecule has 0 bridgehead atoms. The molecule has 1 atom stereocenters. The van der Waals surface area contributed by atoms with E-state index in [0.717, 1.165) is 50.6 Å². The summed E-state index contributed by atoms with van der Waals surface area (Å²) in [7, 11) is 1.69. The zero-order valence-corrected chi connectivity index (χ0v) is 16.8. The predicted molar refractivity (Wildman–Crippen MR) is 114 cm³/mol. The monoisotopic (exact) mass is 386 g/mol. The Morgan fingerprint density at radius 1 is 0.931 bits per heavy atom. The second-order valence-electron chi connectivity index (χ2n) is 8.13. The molecule has 2 aliphatic heterocycles. The van der Waals surface area contributed by atoms with Gasteiger partial charge in [0.1, 0.15) is 0 Å². The fourth-order valence-electron chi connectivity index (χ4n) is 4.92. The molecule has 1 fully saturated rings. The Balaban J connectivity index is 1.38. The molecule has 0 aliphatic carbocycles. The van der Waals surface area contributed by atoms with Crippen LogP contribution < -0.4 is 9.64 Å². The highest BCUT2D eigenvalue weighted by atomic mass is 16.5. The van der Waals surface area contributed by atoms with Crippen LogP contribution in [0.3, 0.4) is 0 Å². The largest absolute Gasteiger partial charge is 0.481 e. The number of benzene rings is 1. The Bertz CT molecular complexity index is 993. The van der Waals surface area contributed by atoms with Gasteiger partial charge in [0.25, 0.3) is 0 Å². The van der Waals surface area contributed by atoms with Crippen molar-refractivity contribution >= 4 is 5.69 Å². The van der Waals surface area contributed by atoms with E-state index >= 15 is 0 Å². The van der Waals surface area contributed by atoms with Crippen LogP contribution in [-0.2, 0) is 18.5 Å². The highest BCUT2D eigenvalue weighted by Gasteiger charge is 2.48. The van der Waals surface area contributed by atoms with Crippen molar-refractivity contribution in [1.29, 1.82) is 0 Å². The van der Waals surface area contributed by atoms with Crippen molar-refractivity contribution in [3.63, 3.8) is 0 Å². The van der Waals surface area contributed by atoms with Crippen molar-refractivity contribution in [2.24, 2.45) is 0 Å². The van der Waals surface area contributed by atoms with E-state index in [1.165, 1.54) is 16.9 Å². The second kappa shape index (κ2) is 7.48. The topological polar surface area (TPSA) is 41.5 Å². The van der Waals surface area contributed by atoms with Crippen molar-refractivity contribution in [3.8, 4) is 5.88 Å². The molecule has 0 amide bonds. The molecule has 5 heteroatoms. The average Bonchev–Trinajstić information content (AvgIpc) is 3.31. The SMILES string of the molecule is COc1ncccc1CN1CC[C@@]2(C1)CN(Cc1ccccc1)c1cccnc12. The molecule has 0 radical (unpaired) electrons. The van der Waals surface area contributed by atoms with Gasteiger partial charge in [0.15, 0.2) is 0 Å². The number of fused-ring (bicyclic) bond motifs is 2. The molecular formula is C24H26N4O. The zero-order chi connectivity index (χ0) is 19.7. The van der Waals surface area contributed by atoms with Gasteiger partial charge in [0, 0.05) is 49.6 Å². The van der Waals surface area contributed by atoms with Crippen molar-refractivity contribution in [2.75, 3.05) is 31.6 Å². The van der Waals surface area contributed by atoms with Crippen LogP contribution >= 0.6 is 0 Å². The standard InChI is InChI=1S/C24H26N4O/c1-29-23-20(9-5-13-26-23)16-27-14-11-24(17-27)18-28(15-19-7-3-2-4-8-19)21-10-6-12-25-22(21)24/h2-10,12-13H,11,14-18H2,1H3/t24-/m1/s1. The molecule has 2 aromatic heterocycles. The third-order valence-corrected chi connectivity index (χ3v) is 6.21. The first-order valence-corrected chi connectivity index (χ1v) is 10.2. The van der Waals surface area contributed by atoms with Crippen LogP contribution in [0.5, 0.6) is 5.88 Å². The van der Waals surface area contributed by atoms with Gasteiger partial charge in [0.2, 0.25) is 5.88 Å². The lowest BCUT2D eigenvalue weighted by atomic mass is 9.85. The molecule has 29 heavy (non-hydrogen) atoms. The van der Waals surface area contributed by atoms with Gasteiger partial charge >= 0.3 is 0 Å². The molecule has 148 valence electrons. The van der Waals surface area contributed by atoms with E-state index in [0.29, 0.717) is 0 Å². The van der Waals surface area contributed by atoms with Crippen molar-refractivity contribution in [1.82, 2.24) is 14.9 Å². The average molecular weight is 386 g/mol. The Morgan fingerprint density at radius 3 is 2.62 bits per heavy atom. The Kier molecular flexibility index (Phi) is 4.68. The lowest BCUT2D eigenvalue weighted by Crippen LogP contribution is -2.36. The summed E-state index contributed by atoms with van der Waals surface area (Å²) in [5, 5.41) is 0. The molecule has 0 N–H and O–H groups in total. The van der Waals surface area contributed by atoms with Gasteiger partial charge < -0.3 is 9.64 Å². The summed E-state index contributed by atoms with van der Waals surface area (Å²) in [6.07, 6.45) is 4.86. The lowest BCUT2D eigenvalue weighted by molar-refractivity contribution is 0.296. The van der Waals surface area contributed by atoms with E-state index in [1.54, 1.807) is 13.3 Å². The van der Waals surface area contributed by atoms with Gasteiger partial charge in [0.05, 0.1) is 18.5 Å². The Labute approximate surface area is 172 Å². The summed E-state index contributed by atoms with van der Waals surface area (Å²) in [6, 6.07) is 19.1. The maximum Gasteiger partial charge on any atom is 0.217 e. The number of anilines is 1. The van der Waals surface area contributed by atoms with Gasteiger partial charge in [-0.2, -0.15) is 0 Å². The number of hydrogen-bond acceptors (Lipinski definition) is 5. The maximum absolute atomic E-state index is 5.45. The molecule has 1 aromatic carbocycles. The Hall–Kier alpha value is -2.92. The van der Waals surface area contributed by atoms with E-state index in [9.17, 15) is 0 Å². The highest BCUT2D eigenvalue weighted by molar-refractivity contribution is 5.60. The number of ether oxygens (including phenoxy) is 1. The van der Waals surface area contributed by atoms with Gasteiger partial charge in [-0.1, -0.05) is 36.4 Å². The van der Waals surface area contributed by atoms with Gasteiger partial charge in [-0.05, 0) is 36.7 Å². The summed E-state index contributed by atoms with van der Waals surface area (Å²) in [4.78, 5) is 14.2. The highest BCUT2D eigenvalue weighted by Crippen LogP contribution is 2.45. The zero-order valence-electron chi connectivity index (χ0n) is 16.8. The fourth-order valence-corrected chi connectivity index (χ4v) is 4.92. The van der Waals surface area contributed by atoms with Crippen LogP contribution in [0, 0.1) is 0 Å². The number of pyridine rings is 2. The van der Waals surface area contributed by atoms with Crippen LogP contribution in [0.2, 0.25) is 0 Å². The fraction of sp³-hybridized carbons (Fsp3) is 0.333. The first-order valence-electron chi connectivity index (χ1n) is 10.2. The van der Waals surface area contributed by atoms with Gasteiger partial charge in [-0.15, -0.1) is 0 Å². The lowest BCUT2D eigenvalue weighted by Gasteiger charge is -2.26. The normalized spacial score (nSPS) is 20.9. The number of likely N-dealkylation sites (tertiary alicyclic amines) is 1. The third-order valence-electron chi connectivity index (χ3n) is 6.21. The van der Waals surface area contributed by atoms with Crippen molar-refractivity contribution in [2.45, 2.75) is 24.9 Å². The minimum absolute atomic E-state index is 0.0980. The van der Waals surface area contributed by atoms with Gasteiger partial charge in [-0.25, -0.2) is 4.98 Å². The van der Waals surface area contributed by atoms with Gasteiger partial charge in [-0.3, -0.25) is 9.88 Å². The maximum atomic E-state index is 5.45. The quantitative estimate of drug-likeness (QED) is 0.670. The first-order chi connectivity index (χ1) is 14.3. The van der Waals surface area contributed by atoms with E-state index in [1.807, 2.05) is 12.3 Å². The Morgan fingerprint density at radius 2 is 1.76 bits per heavy atom. The van der Waals surface area contributed by atoms with Crippen LogP contribution in [0.4, 0.5) is 5.69 Å². The smallest absolute Gasteiger partial charge is 0.217 e.